The van der Waals surface area contributed by atoms with Crippen LogP contribution in [0.1, 0.15) is 22.5 Å². The van der Waals surface area contributed by atoms with Crippen LogP contribution in [0.25, 0.3) is 0 Å². The lowest BCUT2D eigenvalue weighted by molar-refractivity contribution is -0.126. The highest BCUT2D eigenvalue weighted by Crippen LogP contribution is 2.37. The number of carbonyl (C=O) groups is 2. The summed E-state index contributed by atoms with van der Waals surface area (Å²) in [5, 5.41) is 5.41. The molecule has 3 aliphatic rings. The lowest BCUT2D eigenvalue weighted by Crippen LogP contribution is -2.57. The van der Waals surface area contributed by atoms with Gasteiger partial charge in [-0.3, -0.25) is 9.59 Å². The predicted molar refractivity (Wildman–Crippen MR) is 110 cm³/mol. The van der Waals surface area contributed by atoms with Crippen molar-refractivity contribution >= 4 is 40.6 Å². The van der Waals surface area contributed by atoms with Crippen molar-refractivity contribution in [2.45, 2.75) is 34.4 Å². The summed E-state index contributed by atoms with van der Waals surface area (Å²) in [6.07, 6.45) is -0.800. The predicted octanol–water partition coefficient (Wildman–Crippen LogP) is 3.93. The summed E-state index contributed by atoms with van der Waals surface area (Å²) in [5.74, 6) is -0.843. The van der Waals surface area contributed by atoms with E-state index in [1.165, 1.54) is 23.1 Å². The molecule has 5 nitrogen and oxygen atoms in total. The number of hydrogen-bond donors (Lipinski definition) is 2. The molecule has 1 aromatic heterocycles. The van der Waals surface area contributed by atoms with Gasteiger partial charge in [0.05, 0.1) is 14.8 Å². The maximum Gasteiger partial charge on any atom is 0.315 e. The Hall–Kier alpha value is -1.97. The van der Waals surface area contributed by atoms with Gasteiger partial charge in [-0.05, 0) is 56.1 Å². The van der Waals surface area contributed by atoms with Crippen molar-refractivity contribution in [3.8, 4) is 0 Å². The Morgan fingerprint density at radius 2 is 1.90 bits per heavy atom. The quantitative estimate of drug-likeness (QED) is 0.719. The number of carbonyl (C=O) groups excluding carboxylic acids is 2. The fraction of sp³-hybridized carbons (Fsp3) is 0.400. The monoisotopic (exact) mass is 437 g/mol. The molecule has 154 valence electrons. The first-order chi connectivity index (χ1) is 14.0. The molecule has 9 heteroatoms. The number of anilines is 1. The fourth-order valence-corrected chi connectivity index (χ4v) is 5.89. The van der Waals surface area contributed by atoms with Crippen LogP contribution < -0.4 is 10.6 Å². The van der Waals surface area contributed by atoms with Gasteiger partial charge in [0, 0.05) is 17.5 Å². The molecular formula is C20H21F2N3O2S2. The van der Waals surface area contributed by atoms with Gasteiger partial charge in [0.15, 0.2) is 0 Å². The Morgan fingerprint density at radius 3 is 2.59 bits per heavy atom. The van der Waals surface area contributed by atoms with Gasteiger partial charge in [-0.15, -0.1) is 11.3 Å². The fourth-order valence-electron chi connectivity index (χ4n) is 3.82. The highest BCUT2D eigenvalue weighted by atomic mass is 32.2. The Kier molecular flexibility index (Phi) is 6.17. The number of alkyl halides is 2. The molecule has 1 aromatic carbocycles. The molecule has 2 amide bonds. The van der Waals surface area contributed by atoms with Crippen LogP contribution in [0.5, 0.6) is 0 Å². The van der Waals surface area contributed by atoms with Crippen LogP contribution in [0.4, 0.5) is 14.5 Å². The Bertz CT molecular complexity index is 897. The van der Waals surface area contributed by atoms with E-state index in [1.54, 1.807) is 30.3 Å². The summed E-state index contributed by atoms with van der Waals surface area (Å²) in [6, 6.07) is 10.6. The van der Waals surface area contributed by atoms with Gasteiger partial charge in [0.2, 0.25) is 0 Å². The minimum atomic E-state index is -3.07. The van der Waals surface area contributed by atoms with Crippen LogP contribution in [-0.4, -0.2) is 48.8 Å². The number of thiophene rings is 1. The van der Waals surface area contributed by atoms with Gasteiger partial charge in [-0.25, -0.2) is 0 Å². The van der Waals surface area contributed by atoms with Gasteiger partial charge in [-0.2, -0.15) is 8.78 Å². The molecule has 5 rings (SSSR count). The van der Waals surface area contributed by atoms with Crippen molar-refractivity contribution in [1.82, 2.24) is 10.2 Å². The van der Waals surface area contributed by atoms with E-state index in [2.05, 4.69) is 15.5 Å². The number of halogens is 2. The normalized spacial score (nSPS) is 23.2. The minimum Gasteiger partial charge on any atom is -0.347 e. The molecule has 4 heterocycles. The third kappa shape index (κ3) is 4.79. The van der Waals surface area contributed by atoms with Gasteiger partial charge in [0.1, 0.15) is 0 Å². The Balaban J connectivity index is 1.41. The molecule has 29 heavy (non-hydrogen) atoms. The smallest absolute Gasteiger partial charge is 0.315 e. The standard InChI is InChI=1S/C20H21F2N3O2S2/c21-18(22)20(27)23-13-3-1-2-4-15(13)28-17-6-5-16(29-17)19(26)24-14-11-25-9-7-12(14)8-10-25/h1-6,12,14,18H,7-11H2,(H,23,27)(H,24,26). The third-order valence-corrected chi connectivity index (χ3v) is 7.62. The largest absolute Gasteiger partial charge is 0.347 e. The number of amides is 2. The summed E-state index contributed by atoms with van der Waals surface area (Å²) in [7, 11) is 0. The Morgan fingerprint density at radius 1 is 1.14 bits per heavy atom. The number of nitrogens with one attached hydrogen (secondary N) is 2. The van der Waals surface area contributed by atoms with Crippen LogP contribution >= 0.6 is 23.1 Å². The highest BCUT2D eigenvalue weighted by molar-refractivity contribution is 8.01. The molecule has 1 unspecified atom stereocenters. The molecular weight excluding hydrogens is 416 g/mol. The molecule has 2 bridgehead atoms. The van der Waals surface area contributed by atoms with Gasteiger partial charge in [-0.1, -0.05) is 23.9 Å². The average Bonchev–Trinajstić information content (AvgIpc) is 3.19. The number of nitrogens with zero attached hydrogens (tertiary/aromatic N) is 1. The van der Waals surface area contributed by atoms with E-state index in [9.17, 15) is 18.4 Å². The zero-order valence-electron chi connectivity index (χ0n) is 15.6. The number of para-hydroxylation sites is 1. The minimum absolute atomic E-state index is 0.0695. The lowest BCUT2D eigenvalue weighted by Gasteiger charge is -2.44. The summed E-state index contributed by atoms with van der Waals surface area (Å²) in [5.41, 5.74) is 0.328. The van der Waals surface area contributed by atoms with Crippen molar-refractivity contribution in [2.75, 3.05) is 25.0 Å². The molecule has 0 spiro atoms. The molecule has 3 fully saturated rings. The van der Waals surface area contributed by atoms with E-state index < -0.39 is 12.3 Å². The van der Waals surface area contributed by atoms with Crippen molar-refractivity contribution in [3.05, 3.63) is 41.3 Å². The second-order valence-electron chi connectivity index (χ2n) is 7.22. The molecule has 3 aliphatic heterocycles. The van der Waals surface area contributed by atoms with Crippen molar-refractivity contribution in [2.24, 2.45) is 5.92 Å². The van der Waals surface area contributed by atoms with Gasteiger partial charge >= 0.3 is 6.43 Å². The maximum atomic E-state index is 12.7. The number of hydrogen-bond acceptors (Lipinski definition) is 5. The molecule has 1 atom stereocenters. The van der Waals surface area contributed by atoms with E-state index in [0.29, 0.717) is 21.4 Å². The van der Waals surface area contributed by atoms with Gasteiger partial charge < -0.3 is 15.5 Å². The average molecular weight is 438 g/mol. The van der Waals surface area contributed by atoms with Crippen molar-refractivity contribution < 1.29 is 18.4 Å². The van der Waals surface area contributed by atoms with Crippen LogP contribution in [-0.2, 0) is 4.79 Å². The maximum absolute atomic E-state index is 12.7. The summed E-state index contributed by atoms with van der Waals surface area (Å²) in [6.45, 7) is 3.16. The van der Waals surface area contributed by atoms with E-state index in [4.69, 9.17) is 0 Å². The number of piperidine rings is 3. The van der Waals surface area contributed by atoms with E-state index in [-0.39, 0.29) is 11.9 Å². The molecule has 3 saturated heterocycles. The lowest BCUT2D eigenvalue weighted by atomic mass is 9.84. The van der Waals surface area contributed by atoms with Crippen LogP contribution in [0, 0.1) is 5.92 Å². The van der Waals surface area contributed by atoms with Crippen LogP contribution in [0.15, 0.2) is 45.5 Å². The second-order valence-corrected chi connectivity index (χ2v) is 9.65. The van der Waals surface area contributed by atoms with E-state index in [0.717, 1.165) is 36.7 Å². The first kappa shape index (κ1) is 20.3. The van der Waals surface area contributed by atoms with E-state index in [1.807, 2.05) is 6.07 Å². The summed E-state index contributed by atoms with van der Waals surface area (Å²) >= 11 is 2.69. The van der Waals surface area contributed by atoms with Gasteiger partial charge in [0.25, 0.3) is 11.8 Å². The summed E-state index contributed by atoms with van der Waals surface area (Å²) in [4.78, 5) is 27.7. The summed E-state index contributed by atoms with van der Waals surface area (Å²) < 4.78 is 25.9. The Labute approximate surface area is 175 Å². The number of fused-ring (bicyclic) bond motifs is 3. The zero-order valence-corrected chi connectivity index (χ0v) is 17.2. The van der Waals surface area contributed by atoms with E-state index >= 15 is 0 Å². The topological polar surface area (TPSA) is 61.4 Å². The first-order valence-corrected chi connectivity index (χ1v) is 11.1. The molecule has 0 aliphatic carbocycles. The SMILES string of the molecule is O=C(NC1CN2CCC1CC2)c1ccc(Sc2ccccc2NC(=O)C(F)F)s1. The molecule has 0 radical (unpaired) electrons. The molecule has 0 saturated carbocycles. The third-order valence-electron chi connectivity index (χ3n) is 5.33. The van der Waals surface area contributed by atoms with Crippen molar-refractivity contribution in [1.29, 1.82) is 0 Å². The zero-order chi connectivity index (χ0) is 20.4. The van der Waals surface area contributed by atoms with Crippen LogP contribution in [0.3, 0.4) is 0 Å². The highest BCUT2D eigenvalue weighted by Gasteiger charge is 2.35. The number of rotatable bonds is 6. The van der Waals surface area contributed by atoms with Crippen molar-refractivity contribution in [3.63, 3.8) is 0 Å². The molecule has 2 aromatic rings. The number of benzene rings is 1. The van der Waals surface area contributed by atoms with Crippen LogP contribution in [0.2, 0.25) is 0 Å². The molecule has 2 N–H and O–H groups in total. The first-order valence-electron chi connectivity index (χ1n) is 9.48. The second kappa shape index (κ2) is 8.81.